The minimum Gasteiger partial charge on any atom is -0.454 e. The van der Waals surface area contributed by atoms with Crippen molar-refractivity contribution in [1.82, 2.24) is 4.98 Å². The fourth-order valence-corrected chi connectivity index (χ4v) is 3.16. The number of amides is 1. The van der Waals surface area contributed by atoms with E-state index in [9.17, 15) is 9.59 Å². The van der Waals surface area contributed by atoms with Crippen molar-refractivity contribution in [3.8, 4) is 6.07 Å². The molecular formula is C19H15N3O4S. The average molecular weight is 381 g/mol. The number of esters is 1. The number of rotatable bonds is 7. The highest BCUT2D eigenvalue weighted by molar-refractivity contribution is 7.18. The maximum Gasteiger partial charge on any atom is 0.332 e. The van der Waals surface area contributed by atoms with Gasteiger partial charge in [-0.25, -0.2) is 9.78 Å². The van der Waals surface area contributed by atoms with Crippen molar-refractivity contribution < 1.29 is 19.1 Å². The molecule has 1 N–H and O–H groups in total. The van der Waals surface area contributed by atoms with Crippen molar-refractivity contribution in [2.45, 2.75) is 6.61 Å². The third-order valence-electron chi connectivity index (χ3n) is 3.42. The number of aromatic nitrogens is 1. The number of fused-ring (bicyclic) bond motifs is 1. The van der Waals surface area contributed by atoms with Gasteiger partial charge in [-0.05, 0) is 30.3 Å². The van der Waals surface area contributed by atoms with Gasteiger partial charge >= 0.3 is 5.97 Å². The molecule has 0 radical (unpaired) electrons. The Labute approximate surface area is 159 Å². The van der Waals surface area contributed by atoms with E-state index in [0.717, 1.165) is 15.2 Å². The fourth-order valence-electron chi connectivity index (χ4n) is 2.25. The summed E-state index contributed by atoms with van der Waals surface area (Å²) in [5, 5.41) is 12.1. The molecule has 0 saturated heterocycles. The van der Waals surface area contributed by atoms with Crippen LogP contribution in [0.3, 0.4) is 0 Å². The van der Waals surface area contributed by atoms with Crippen LogP contribution in [-0.2, 0) is 25.7 Å². The van der Waals surface area contributed by atoms with Crippen molar-refractivity contribution >= 4 is 39.1 Å². The molecule has 7 nitrogen and oxygen atoms in total. The van der Waals surface area contributed by atoms with E-state index < -0.39 is 18.5 Å². The smallest absolute Gasteiger partial charge is 0.332 e. The van der Waals surface area contributed by atoms with E-state index >= 15 is 0 Å². The van der Waals surface area contributed by atoms with Gasteiger partial charge in [0.05, 0.1) is 28.5 Å². The van der Waals surface area contributed by atoms with Gasteiger partial charge in [0.25, 0.3) is 5.91 Å². The Balaban J connectivity index is 1.38. The van der Waals surface area contributed by atoms with Gasteiger partial charge in [-0.15, -0.1) is 11.3 Å². The second-order valence-electron chi connectivity index (χ2n) is 5.47. The van der Waals surface area contributed by atoms with Gasteiger partial charge in [-0.3, -0.25) is 4.79 Å². The van der Waals surface area contributed by atoms with Crippen LogP contribution in [0.25, 0.3) is 10.2 Å². The van der Waals surface area contributed by atoms with E-state index in [0.29, 0.717) is 11.3 Å². The molecule has 0 bridgehead atoms. The van der Waals surface area contributed by atoms with Gasteiger partial charge in [0, 0.05) is 5.69 Å². The molecule has 8 heteroatoms. The first-order chi connectivity index (χ1) is 13.1. The van der Waals surface area contributed by atoms with Crippen LogP contribution < -0.4 is 5.32 Å². The minimum absolute atomic E-state index is 0.196. The van der Waals surface area contributed by atoms with Gasteiger partial charge in [0.2, 0.25) is 0 Å². The number of benzene rings is 2. The molecule has 0 unspecified atom stereocenters. The van der Waals surface area contributed by atoms with E-state index in [1.165, 1.54) is 17.4 Å². The molecule has 0 aliphatic carbocycles. The molecule has 2 aromatic carbocycles. The predicted molar refractivity (Wildman–Crippen MR) is 100 cm³/mol. The predicted octanol–water partition coefficient (Wildman–Crippen LogP) is 2.87. The van der Waals surface area contributed by atoms with Gasteiger partial charge in [-0.1, -0.05) is 18.2 Å². The number of nitrogens with zero attached hydrogens (tertiary/aromatic N) is 2. The Bertz CT molecular complexity index is 976. The van der Waals surface area contributed by atoms with Gasteiger partial charge in [-0.2, -0.15) is 5.26 Å². The van der Waals surface area contributed by atoms with Crippen LogP contribution >= 0.6 is 11.3 Å². The molecule has 0 aliphatic heterocycles. The Morgan fingerprint density at radius 2 is 2.00 bits per heavy atom. The lowest BCUT2D eigenvalue weighted by Gasteiger charge is -2.07. The monoisotopic (exact) mass is 381 g/mol. The fraction of sp³-hybridized carbons (Fsp3) is 0.158. The lowest BCUT2D eigenvalue weighted by Crippen LogP contribution is -2.22. The van der Waals surface area contributed by atoms with Crippen molar-refractivity contribution in [3.05, 3.63) is 59.1 Å². The van der Waals surface area contributed by atoms with Crippen LogP contribution in [0.2, 0.25) is 0 Å². The number of nitriles is 1. The summed E-state index contributed by atoms with van der Waals surface area (Å²) in [5.41, 5.74) is 1.77. The summed E-state index contributed by atoms with van der Waals surface area (Å²) in [6.45, 7) is -0.505. The number of thiazole rings is 1. The molecule has 27 heavy (non-hydrogen) atoms. The number of para-hydroxylation sites is 1. The van der Waals surface area contributed by atoms with Crippen molar-refractivity contribution in [2.24, 2.45) is 0 Å². The number of carbonyl (C=O) groups is 2. The van der Waals surface area contributed by atoms with Crippen LogP contribution in [-0.4, -0.2) is 30.1 Å². The second kappa shape index (κ2) is 8.89. The average Bonchev–Trinajstić information content (AvgIpc) is 3.09. The first-order valence-corrected chi connectivity index (χ1v) is 8.83. The van der Waals surface area contributed by atoms with Crippen LogP contribution in [0.1, 0.15) is 10.6 Å². The molecular weight excluding hydrogens is 366 g/mol. The first-order valence-electron chi connectivity index (χ1n) is 8.02. The maximum atomic E-state index is 11.8. The van der Waals surface area contributed by atoms with E-state index in [1.807, 2.05) is 30.3 Å². The quantitative estimate of drug-likeness (QED) is 0.632. The molecule has 0 atom stereocenters. The normalized spacial score (nSPS) is 10.3. The molecule has 1 amide bonds. The van der Waals surface area contributed by atoms with Crippen LogP contribution in [0.5, 0.6) is 0 Å². The van der Waals surface area contributed by atoms with E-state index in [4.69, 9.17) is 14.7 Å². The second-order valence-corrected chi connectivity index (χ2v) is 6.58. The Morgan fingerprint density at radius 1 is 1.15 bits per heavy atom. The summed E-state index contributed by atoms with van der Waals surface area (Å²) in [6, 6.07) is 16.1. The zero-order valence-corrected chi connectivity index (χ0v) is 15.0. The lowest BCUT2D eigenvalue weighted by atomic mass is 10.2. The third kappa shape index (κ3) is 5.34. The highest BCUT2D eigenvalue weighted by Crippen LogP contribution is 2.21. The summed E-state index contributed by atoms with van der Waals surface area (Å²) in [6.07, 6.45) is 0. The first kappa shape index (κ1) is 18.5. The zero-order valence-electron chi connectivity index (χ0n) is 14.2. The highest BCUT2D eigenvalue weighted by atomic mass is 32.1. The summed E-state index contributed by atoms with van der Waals surface area (Å²) >= 11 is 1.50. The summed E-state index contributed by atoms with van der Waals surface area (Å²) in [5.74, 6) is -1.14. The van der Waals surface area contributed by atoms with Crippen LogP contribution in [0, 0.1) is 11.3 Å². The van der Waals surface area contributed by atoms with Gasteiger partial charge < -0.3 is 14.8 Å². The van der Waals surface area contributed by atoms with E-state index in [2.05, 4.69) is 10.3 Å². The number of ether oxygens (including phenoxy) is 2. The zero-order chi connectivity index (χ0) is 19.1. The Hall–Kier alpha value is -3.28. The number of nitrogens with one attached hydrogen (secondary N) is 1. The van der Waals surface area contributed by atoms with E-state index in [1.54, 1.807) is 18.2 Å². The third-order valence-corrected chi connectivity index (χ3v) is 4.43. The van der Waals surface area contributed by atoms with Crippen LogP contribution in [0.4, 0.5) is 5.69 Å². The maximum absolute atomic E-state index is 11.8. The summed E-state index contributed by atoms with van der Waals surface area (Å²) < 4.78 is 11.2. The minimum atomic E-state index is -0.642. The van der Waals surface area contributed by atoms with Crippen molar-refractivity contribution in [3.63, 3.8) is 0 Å². The standard InChI is InChI=1S/C19H15N3O4S/c20-9-13-4-3-5-14(8-13)21-17(23)10-26-19(24)12-25-11-18-22-15-6-1-2-7-16(15)27-18/h1-8H,10-12H2,(H,21,23). The van der Waals surface area contributed by atoms with Crippen molar-refractivity contribution in [2.75, 3.05) is 18.5 Å². The number of hydrogen-bond donors (Lipinski definition) is 1. The molecule has 0 aliphatic rings. The molecule has 136 valence electrons. The van der Waals surface area contributed by atoms with Gasteiger partial charge in [0.1, 0.15) is 11.6 Å². The largest absolute Gasteiger partial charge is 0.454 e. The SMILES string of the molecule is N#Cc1cccc(NC(=O)COC(=O)COCc2nc3ccccc3s2)c1. The summed E-state index contributed by atoms with van der Waals surface area (Å²) in [7, 11) is 0. The number of carbonyl (C=O) groups excluding carboxylic acids is 2. The van der Waals surface area contributed by atoms with Gasteiger partial charge in [0.15, 0.2) is 6.61 Å². The van der Waals surface area contributed by atoms with Crippen molar-refractivity contribution in [1.29, 1.82) is 5.26 Å². The number of hydrogen-bond acceptors (Lipinski definition) is 7. The number of anilines is 1. The molecule has 0 saturated carbocycles. The Morgan fingerprint density at radius 3 is 2.81 bits per heavy atom. The molecule has 1 aromatic heterocycles. The molecule has 3 aromatic rings. The molecule has 1 heterocycles. The molecule has 0 fully saturated rings. The topological polar surface area (TPSA) is 101 Å². The van der Waals surface area contributed by atoms with Crippen LogP contribution in [0.15, 0.2) is 48.5 Å². The highest BCUT2D eigenvalue weighted by Gasteiger charge is 2.10. The summed E-state index contributed by atoms with van der Waals surface area (Å²) in [4.78, 5) is 27.9. The molecule has 3 rings (SSSR count). The Kier molecular flexibility index (Phi) is 6.10. The molecule has 0 spiro atoms. The van der Waals surface area contributed by atoms with E-state index in [-0.39, 0.29) is 13.2 Å². The lowest BCUT2D eigenvalue weighted by molar-refractivity contribution is -0.152.